The topological polar surface area (TPSA) is 71.2 Å². The first-order valence-electron chi connectivity index (χ1n) is 9.18. The number of sulfonamides is 1. The van der Waals surface area contributed by atoms with Gasteiger partial charge in [-0.25, -0.2) is 13.1 Å². The molecule has 2 N–H and O–H groups in total. The van der Waals surface area contributed by atoms with Crippen molar-refractivity contribution < 1.29 is 13.2 Å². The standard InChI is InChI=1S/C21H24N2O3S/c1-26-17-7-8-20-18(13-17)19(14-22-20)21(10-11-21)15-23-27(24,25)12-9-16-5-3-2-4-6-16/h2-8,13-14,22-23H,9-12,15H2,1H3. The van der Waals surface area contributed by atoms with Gasteiger partial charge < -0.3 is 9.72 Å². The molecule has 1 heterocycles. The Morgan fingerprint density at radius 3 is 2.63 bits per heavy atom. The molecule has 0 aliphatic heterocycles. The second-order valence-corrected chi connectivity index (χ2v) is 9.20. The number of nitrogens with one attached hydrogen (secondary N) is 2. The van der Waals surface area contributed by atoms with Crippen LogP contribution in [0.4, 0.5) is 0 Å². The van der Waals surface area contributed by atoms with E-state index in [1.165, 1.54) is 5.56 Å². The monoisotopic (exact) mass is 384 g/mol. The number of fused-ring (bicyclic) bond motifs is 1. The van der Waals surface area contributed by atoms with Gasteiger partial charge in [-0.1, -0.05) is 30.3 Å². The normalized spacial score (nSPS) is 15.7. The van der Waals surface area contributed by atoms with Crippen LogP contribution in [-0.4, -0.2) is 32.8 Å². The van der Waals surface area contributed by atoms with E-state index < -0.39 is 10.0 Å². The lowest BCUT2D eigenvalue weighted by atomic mass is 9.95. The number of H-pyrrole nitrogens is 1. The number of ether oxygens (including phenoxy) is 1. The molecule has 6 heteroatoms. The molecule has 0 saturated heterocycles. The minimum absolute atomic E-state index is 0.106. The first-order chi connectivity index (χ1) is 13.0. The highest BCUT2D eigenvalue weighted by Gasteiger charge is 2.46. The summed E-state index contributed by atoms with van der Waals surface area (Å²) in [7, 11) is -1.66. The Morgan fingerprint density at radius 1 is 1.15 bits per heavy atom. The van der Waals surface area contributed by atoms with Gasteiger partial charge in [-0.3, -0.25) is 0 Å². The van der Waals surface area contributed by atoms with Crippen molar-refractivity contribution in [3.63, 3.8) is 0 Å². The fraction of sp³-hybridized carbons (Fsp3) is 0.333. The van der Waals surface area contributed by atoms with Crippen molar-refractivity contribution >= 4 is 20.9 Å². The summed E-state index contributed by atoms with van der Waals surface area (Å²) in [5.74, 6) is 0.914. The third-order valence-electron chi connectivity index (χ3n) is 5.45. The van der Waals surface area contributed by atoms with Gasteiger partial charge in [0.2, 0.25) is 10.0 Å². The number of hydrogen-bond donors (Lipinski definition) is 2. The summed E-state index contributed by atoms with van der Waals surface area (Å²) in [4.78, 5) is 3.30. The van der Waals surface area contributed by atoms with E-state index >= 15 is 0 Å². The van der Waals surface area contributed by atoms with E-state index in [0.717, 1.165) is 35.1 Å². The van der Waals surface area contributed by atoms with E-state index in [-0.39, 0.29) is 11.2 Å². The Hall–Kier alpha value is -2.31. The number of aromatic nitrogens is 1. The van der Waals surface area contributed by atoms with E-state index in [9.17, 15) is 8.42 Å². The zero-order valence-electron chi connectivity index (χ0n) is 15.4. The number of rotatable bonds is 8. The van der Waals surface area contributed by atoms with Crippen molar-refractivity contribution in [2.45, 2.75) is 24.7 Å². The largest absolute Gasteiger partial charge is 0.497 e. The highest BCUT2D eigenvalue weighted by Crippen LogP contribution is 2.50. The molecule has 0 bridgehead atoms. The number of aromatic amines is 1. The molecular formula is C21H24N2O3S. The summed E-state index contributed by atoms with van der Waals surface area (Å²) in [6, 6.07) is 15.6. The third kappa shape index (κ3) is 3.87. The van der Waals surface area contributed by atoms with E-state index in [1.807, 2.05) is 54.7 Å². The lowest BCUT2D eigenvalue weighted by molar-refractivity contribution is 0.415. The molecule has 0 spiro atoms. The highest BCUT2D eigenvalue weighted by molar-refractivity contribution is 7.89. The molecule has 0 unspecified atom stereocenters. The molecule has 5 nitrogen and oxygen atoms in total. The van der Waals surface area contributed by atoms with E-state index in [1.54, 1.807) is 7.11 Å². The highest BCUT2D eigenvalue weighted by atomic mass is 32.2. The van der Waals surface area contributed by atoms with E-state index in [2.05, 4.69) is 9.71 Å². The van der Waals surface area contributed by atoms with Crippen molar-refractivity contribution in [3.05, 3.63) is 65.9 Å². The maximum atomic E-state index is 12.5. The van der Waals surface area contributed by atoms with Crippen LogP contribution >= 0.6 is 0 Å². The molecule has 1 aliphatic carbocycles. The second kappa shape index (κ2) is 7.02. The maximum Gasteiger partial charge on any atom is 0.211 e. The number of methoxy groups -OCH3 is 1. The first kappa shape index (κ1) is 18.1. The molecule has 0 radical (unpaired) electrons. The van der Waals surface area contributed by atoms with Crippen LogP contribution in [0.5, 0.6) is 5.75 Å². The summed E-state index contributed by atoms with van der Waals surface area (Å²) < 4.78 is 33.1. The molecule has 1 saturated carbocycles. The Balaban J connectivity index is 1.46. The summed E-state index contributed by atoms with van der Waals surface area (Å²) in [6.07, 6.45) is 4.50. The predicted molar refractivity (Wildman–Crippen MR) is 108 cm³/mol. The predicted octanol–water partition coefficient (Wildman–Crippen LogP) is 3.37. The van der Waals surface area contributed by atoms with Crippen molar-refractivity contribution in [1.29, 1.82) is 0 Å². The summed E-state index contributed by atoms with van der Waals surface area (Å²) >= 11 is 0. The number of aryl methyl sites for hydroxylation is 1. The summed E-state index contributed by atoms with van der Waals surface area (Å²) in [5.41, 5.74) is 3.13. The smallest absolute Gasteiger partial charge is 0.211 e. The lowest BCUT2D eigenvalue weighted by Crippen LogP contribution is -2.34. The number of hydrogen-bond acceptors (Lipinski definition) is 3. The molecule has 3 aromatic rings. The van der Waals surface area contributed by atoms with Crippen LogP contribution < -0.4 is 9.46 Å². The lowest BCUT2D eigenvalue weighted by Gasteiger charge is -2.16. The molecule has 1 aliphatic rings. The van der Waals surface area contributed by atoms with Crippen LogP contribution in [0.3, 0.4) is 0 Å². The Labute approximate surface area is 159 Å². The molecule has 1 fully saturated rings. The second-order valence-electron chi connectivity index (χ2n) is 7.27. The van der Waals surface area contributed by atoms with Gasteiger partial charge in [-0.15, -0.1) is 0 Å². The van der Waals surface area contributed by atoms with Crippen molar-refractivity contribution in [2.75, 3.05) is 19.4 Å². The van der Waals surface area contributed by atoms with Crippen LogP contribution in [0.25, 0.3) is 10.9 Å². The zero-order valence-corrected chi connectivity index (χ0v) is 16.2. The van der Waals surface area contributed by atoms with E-state index in [0.29, 0.717) is 13.0 Å². The summed E-state index contributed by atoms with van der Waals surface area (Å²) in [5, 5.41) is 1.11. The average Bonchev–Trinajstić information content (AvgIpc) is 3.36. The van der Waals surface area contributed by atoms with Gasteiger partial charge in [0, 0.05) is 29.1 Å². The summed E-state index contributed by atoms with van der Waals surface area (Å²) in [6.45, 7) is 0.439. The Morgan fingerprint density at radius 2 is 1.93 bits per heavy atom. The van der Waals surface area contributed by atoms with Crippen molar-refractivity contribution in [2.24, 2.45) is 0 Å². The molecule has 142 valence electrons. The zero-order chi connectivity index (χ0) is 18.9. The minimum Gasteiger partial charge on any atom is -0.497 e. The molecule has 0 atom stereocenters. The van der Waals surface area contributed by atoms with Crippen molar-refractivity contribution in [1.82, 2.24) is 9.71 Å². The molecule has 0 amide bonds. The molecular weight excluding hydrogens is 360 g/mol. The average molecular weight is 385 g/mol. The SMILES string of the molecule is COc1ccc2[nH]cc(C3(CNS(=O)(=O)CCc4ccccc4)CC3)c2c1. The fourth-order valence-corrected chi connectivity index (χ4v) is 4.72. The van der Waals surface area contributed by atoms with Gasteiger partial charge in [0.25, 0.3) is 0 Å². The van der Waals surface area contributed by atoms with Crippen LogP contribution in [-0.2, 0) is 21.9 Å². The minimum atomic E-state index is -3.32. The van der Waals surface area contributed by atoms with E-state index in [4.69, 9.17) is 4.74 Å². The molecule has 27 heavy (non-hydrogen) atoms. The number of benzene rings is 2. The van der Waals surface area contributed by atoms with Gasteiger partial charge in [0.15, 0.2) is 0 Å². The van der Waals surface area contributed by atoms with Crippen LogP contribution in [0, 0.1) is 0 Å². The third-order valence-corrected chi connectivity index (χ3v) is 6.77. The fourth-order valence-electron chi connectivity index (χ4n) is 3.57. The maximum absolute atomic E-state index is 12.5. The van der Waals surface area contributed by atoms with Crippen molar-refractivity contribution in [3.8, 4) is 5.75 Å². The van der Waals surface area contributed by atoms with Gasteiger partial charge >= 0.3 is 0 Å². The Kier molecular flexibility index (Phi) is 4.70. The van der Waals surface area contributed by atoms with Gasteiger partial charge in [0.1, 0.15) is 5.75 Å². The van der Waals surface area contributed by atoms with Gasteiger partial charge in [0.05, 0.1) is 12.9 Å². The molecule has 2 aromatic carbocycles. The van der Waals surface area contributed by atoms with Gasteiger partial charge in [-0.2, -0.15) is 0 Å². The van der Waals surface area contributed by atoms with Gasteiger partial charge in [-0.05, 0) is 48.6 Å². The van der Waals surface area contributed by atoms with Crippen LogP contribution in [0.1, 0.15) is 24.0 Å². The van der Waals surface area contributed by atoms with Crippen LogP contribution in [0.15, 0.2) is 54.7 Å². The first-order valence-corrected chi connectivity index (χ1v) is 10.8. The molecule has 1 aromatic heterocycles. The Bertz CT molecular complexity index is 1040. The quantitative estimate of drug-likeness (QED) is 0.625. The molecule has 4 rings (SSSR count). The van der Waals surface area contributed by atoms with Crippen LogP contribution in [0.2, 0.25) is 0 Å².